The summed E-state index contributed by atoms with van der Waals surface area (Å²) in [4.78, 5) is 35.0. The molecular formula is C17H20N2O4. The van der Waals surface area contributed by atoms with Crippen LogP contribution in [0.1, 0.15) is 36.5 Å². The number of ether oxygens (including phenoxy) is 1. The molecule has 1 aliphatic rings. The molecule has 0 spiro atoms. The Hall–Kier alpha value is -2.63. The second kappa shape index (κ2) is 7.58. The first-order chi connectivity index (χ1) is 11.0. The van der Waals surface area contributed by atoms with E-state index in [2.05, 4.69) is 5.32 Å². The van der Waals surface area contributed by atoms with Crippen molar-refractivity contribution in [3.05, 3.63) is 42.0 Å². The number of carbonyl (C=O) groups is 3. The van der Waals surface area contributed by atoms with Gasteiger partial charge in [0.15, 0.2) is 6.10 Å². The third-order valence-corrected chi connectivity index (χ3v) is 3.70. The summed E-state index contributed by atoms with van der Waals surface area (Å²) in [5.74, 6) is -1.48. The third kappa shape index (κ3) is 4.67. The van der Waals surface area contributed by atoms with E-state index in [1.165, 1.54) is 19.1 Å². The van der Waals surface area contributed by atoms with Crippen LogP contribution in [-0.2, 0) is 14.3 Å². The van der Waals surface area contributed by atoms with Crippen LogP contribution < -0.4 is 11.1 Å². The Kier molecular flexibility index (Phi) is 5.51. The summed E-state index contributed by atoms with van der Waals surface area (Å²) >= 11 is 0. The number of benzene rings is 1. The van der Waals surface area contributed by atoms with Crippen LogP contribution in [0.2, 0.25) is 0 Å². The summed E-state index contributed by atoms with van der Waals surface area (Å²) in [6.45, 7) is 1.53. The minimum Gasteiger partial charge on any atom is -0.452 e. The van der Waals surface area contributed by atoms with Crippen LogP contribution in [0.15, 0.2) is 36.4 Å². The predicted molar refractivity (Wildman–Crippen MR) is 85.6 cm³/mol. The smallest absolute Gasteiger partial charge is 0.310 e. The van der Waals surface area contributed by atoms with Gasteiger partial charge in [-0.2, -0.15) is 0 Å². The number of nitrogens with two attached hydrogens (primary N) is 1. The summed E-state index contributed by atoms with van der Waals surface area (Å²) in [6.07, 6.45) is 5.37. The quantitative estimate of drug-likeness (QED) is 0.641. The van der Waals surface area contributed by atoms with Crippen molar-refractivity contribution in [2.24, 2.45) is 11.7 Å². The molecule has 6 heteroatoms. The highest BCUT2D eigenvalue weighted by Crippen LogP contribution is 2.20. The number of nitrogens with one attached hydrogen (secondary N) is 1. The molecule has 1 aromatic carbocycles. The molecule has 0 saturated carbocycles. The van der Waals surface area contributed by atoms with Crippen molar-refractivity contribution in [1.82, 2.24) is 0 Å². The van der Waals surface area contributed by atoms with Gasteiger partial charge in [0.2, 0.25) is 5.91 Å². The lowest BCUT2D eigenvalue weighted by Crippen LogP contribution is -2.32. The van der Waals surface area contributed by atoms with Crippen molar-refractivity contribution < 1.29 is 19.1 Å². The Labute approximate surface area is 134 Å². The van der Waals surface area contributed by atoms with E-state index in [1.807, 2.05) is 12.2 Å². The molecule has 0 fully saturated rings. The first kappa shape index (κ1) is 16.7. The first-order valence-electron chi connectivity index (χ1n) is 7.53. The third-order valence-electron chi connectivity index (χ3n) is 3.70. The summed E-state index contributed by atoms with van der Waals surface area (Å²) < 4.78 is 5.23. The van der Waals surface area contributed by atoms with Crippen LogP contribution in [0, 0.1) is 5.92 Å². The fourth-order valence-corrected chi connectivity index (χ4v) is 2.29. The van der Waals surface area contributed by atoms with Crippen molar-refractivity contribution in [3.63, 3.8) is 0 Å². The molecule has 3 N–H and O–H groups in total. The molecule has 1 aromatic rings. The molecule has 0 heterocycles. The Balaban J connectivity index is 1.88. The van der Waals surface area contributed by atoms with Gasteiger partial charge in [-0.3, -0.25) is 14.4 Å². The van der Waals surface area contributed by atoms with E-state index >= 15 is 0 Å². The van der Waals surface area contributed by atoms with Gasteiger partial charge in [0, 0.05) is 11.3 Å². The fourth-order valence-electron chi connectivity index (χ4n) is 2.29. The van der Waals surface area contributed by atoms with Crippen LogP contribution in [0.5, 0.6) is 0 Å². The standard InChI is InChI=1S/C17H20N2O4/c1-11(23-17(22)13-5-3-2-4-6-13)16(21)19-14-9-7-12(8-10-14)15(18)20/h2-3,7-11,13H,4-6H2,1H3,(H2,18,20)(H,19,21). The zero-order valence-corrected chi connectivity index (χ0v) is 13.0. The summed E-state index contributed by atoms with van der Waals surface area (Å²) in [5.41, 5.74) is 6.01. The minimum absolute atomic E-state index is 0.176. The van der Waals surface area contributed by atoms with E-state index in [0.717, 1.165) is 12.8 Å². The maximum atomic E-state index is 12.1. The maximum Gasteiger partial charge on any atom is 0.310 e. The van der Waals surface area contributed by atoms with Crippen molar-refractivity contribution in [2.75, 3.05) is 5.32 Å². The van der Waals surface area contributed by atoms with E-state index in [4.69, 9.17) is 10.5 Å². The van der Waals surface area contributed by atoms with Crippen molar-refractivity contribution >= 4 is 23.5 Å². The van der Waals surface area contributed by atoms with Gasteiger partial charge < -0.3 is 15.8 Å². The number of primary amides is 1. The van der Waals surface area contributed by atoms with E-state index < -0.39 is 17.9 Å². The maximum absolute atomic E-state index is 12.1. The molecule has 1 aliphatic carbocycles. The average molecular weight is 316 g/mol. The number of esters is 1. The van der Waals surface area contributed by atoms with Gasteiger partial charge >= 0.3 is 5.97 Å². The van der Waals surface area contributed by atoms with Crippen molar-refractivity contribution in [3.8, 4) is 0 Å². The SMILES string of the molecule is CC(OC(=O)C1CC=CCC1)C(=O)Nc1ccc(C(N)=O)cc1. The monoisotopic (exact) mass is 316 g/mol. The molecule has 2 atom stereocenters. The van der Waals surface area contributed by atoms with Gasteiger partial charge in [-0.1, -0.05) is 12.2 Å². The Morgan fingerprint density at radius 1 is 1.22 bits per heavy atom. The number of allylic oxidation sites excluding steroid dienone is 2. The zero-order valence-electron chi connectivity index (χ0n) is 13.0. The Bertz CT molecular complexity index is 622. The van der Waals surface area contributed by atoms with Gasteiger partial charge in [-0.05, 0) is 50.5 Å². The van der Waals surface area contributed by atoms with Gasteiger partial charge in [-0.15, -0.1) is 0 Å². The lowest BCUT2D eigenvalue weighted by molar-refractivity contribution is -0.157. The molecule has 0 bridgehead atoms. The van der Waals surface area contributed by atoms with Crippen molar-refractivity contribution in [1.29, 1.82) is 0 Å². The molecule has 6 nitrogen and oxygen atoms in total. The number of amides is 2. The molecule has 23 heavy (non-hydrogen) atoms. The first-order valence-corrected chi connectivity index (χ1v) is 7.53. The lowest BCUT2D eigenvalue weighted by atomic mass is 9.95. The van der Waals surface area contributed by atoms with E-state index in [-0.39, 0.29) is 11.9 Å². The molecule has 2 rings (SSSR count). The average Bonchev–Trinajstić information content (AvgIpc) is 2.56. The van der Waals surface area contributed by atoms with Crippen molar-refractivity contribution in [2.45, 2.75) is 32.3 Å². The molecule has 122 valence electrons. The summed E-state index contributed by atoms with van der Waals surface area (Å²) in [7, 11) is 0. The van der Waals surface area contributed by atoms with E-state index in [9.17, 15) is 14.4 Å². The van der Waals surface area contributed by atoms with Crippen LogP contribution in [0.25, 0.3) is 0 Å². The minimum atomic E-state index is -0.885. The number of carbonyl (C=O) groups excluding carboxylic acids is 3. The zero-order chi connectivity index (χ0) is 16.8. The fraction of sp³-hybridized carbons (Fsp3) is 0.353. The molecule has 0 aromatic heterocycles. The predicted octanol–water partition coefficient (Wildman–Crippen LogP) is 2.01. The number of rotatable bonds is 5. The highest BCUT2D eigenvalue weighted by molar-refractivity contribution is 5.96. The highest BCUT2D eigenvalue weighted by atomic mass is 16.5. The Morgan fingerprint density at radius 3 is 2.48 bits per heavy atom. The van der Waals surface area contributed by atoms with E-state index in [1.54, 1.807) is 12.1 Å². The molecule has 2 amide bonds. The molecule has 2 unspecified atom stereocenters. The van der Waals surface area contributed by atoms with Crippen LogP contribution in [0.3, 0.4) is 0 Å². The number of hydrogen-bond acceptors (Lipinski definition) is 4. The second-order valence-electron chi connectivity index (χ2n) is 5.49. The van der Waals surface area contributed by atoms with Gasteiger partial charge in [0.1, 0.15) is 0 Å². The summed E-state index contributed by atoms with van der Waals surface area (Å²) in [5, 5.41) is 2.63. The number of anilines is 1. The van der Waals surface area contributed by atoms with Crippen LogP contribution in [0.4, 0.5) is 5.69 Å². The molecular weight excluding hydrogens is 296 g/mol. The van der Waals surface area contributed by atoms with Gasteiger partial charge in [0.25, 0.3) is 5.91 Å². The van der Waals surface area contributed by atoms with E-state index in [0.29, 0.717) is 17.7 Å². The topological polar surface area (TPSA) is 98.5 Å². The highest BCUT2D eigenvalue weighted by Gasteiger charge is 2.25. The molecule has 0 aliphatic heterocycles. The van der Waals surface area contributed by atoms with Crippen LogP contribution >= 0.6 is 0 Å². The second-order valence-corrected chi connectivity index (χ2v) is 5.49. The Morgan fingerprint density at radius 2 is 1.91 bits per heavy atom. The van der Waals surface area contributed by atoms with Gasteiger partial charge in [-0.25, -0.2) is 0 Å². The van der Waals surface area contributed by atoms with Gasteiger partial charge in [0.05, 0.1) is 5.92 Å². The van der Waals surface area contributed by atoms with Crippen LogP contribution in [-0.4, -0.2) is 23.9 Å². The largest absolute Gasteiger partial charge is 0.452 e. The summed E-state index contributed by atoms with van der Waals surface area (Å²) in [6, 6.07) is 6.17. The lowest BCUT2D eigenvalue weighted by Gasteiger charge is -2.19. The normalized spacial score (nSPS) is 18.0. The molecule has 0 radical (unpaired) electrons. The molecule has 0 saturated heterocycles. The number of hydrogen-bond donors (Lipinski definition) is 2.